The molecule has 5 fully saturated rings. The number of hydrogen-bond donors (Lipinski definition) is 2. The second-order valence-corrected chi connectivity index (χ2v) is 11.2. The fourth-order valence-electron chi connectivity index (χ4n) is 6.36. The van der Waals surface area contributed by atoms with Crippen LogP contribution in [0.25, 0.3) is 0 Å². The van der Waals surface area contributed by atoms with Gasteiger partial charge in [-0.15, -0.1) is 0 Å². The van der Waals surface area contributed by atoms with Gasteiger partial charge in [0.15, 0.2) is 0 Å². The summed E-state index contributed by atoms with van der Waals surface area (Å²) in [6.07, 6.45) is 3.22. The molecular formula is C24H36N6. The van der Waals surface area contributed by atoms with E-state index >= 15 is 0 Å². The second kappa shape index (κ2) is 6.46. The minimum absolute atomic E-state index is 0.00385. The summed E-state index contributed by atoms with van der Waals surface area (Å²) in [6, 6.07) is 8.35. The fourth-order valence-corrected chi connectivity index (χ4v) is 6.36. The molecule has 2 atom stereocenters. The smallest absolute Gasteiger partial charge is 0.221 e. The van der Waals surface area contributed by atoms with Gasteiger partial charge in [-0.3, -0.25) is 0 Å². The Bertz CT molecular complexity index is 858. The van der Waals surface area contributed by atoms with E-state index in [4.69, 9.17) is 5.73 Å². The Hall–Kier alpha value is -2.08. The van der Waals surface area contributed by atoms with Crippen molar-refractivity contribution in [2.24, 2.45) is 38.9 Å². The van der Waals surface area contributed by atoms with E-state index < -0.39 is 0 Å². The van der Waals surface area contributed by atoms with E-state index in [0.29, 0.717) is 11.4 Å². The van der Waals surface area contributed by atoms with E-state index in [2.05, 4.69) is 71.9 Å². The van der Waals surface area contributed by atoms with Gasteiger partial charge in [-0.2, -0.15) is 0 Å². The third kappa shape index (κ3) is 2.79. The van der Waals surface area contributed by atoms with Crippen LogP contribution in [-0.4, -0.2) is 54.5 Å². The first-order chi connectivity index (χ1) is 14.1. The Labute approximate surface area is 180 Å². The van der Waals surface area contributed by atoms with Gasteiger partial charge in [0.1, 0.15) is 0 Å². The molecule has 3 aliphatic carbocycles. The Balaban J connectivity index is 1.26. The number of aliphatic imine (C=N–C) groups is 2. The van der Waals surface area contributed by atoms with Crippen LogP contribution >= 0.6 is 0 Å². The maximum atomic E-state index is 6.19. The molecule has 3 N–H and O–H groups in total. The van der Waals surface area contributed by atoms with Crippen molar-refractivity contribution in [1.29, 1.82) is 0 Å². The second-order valence-electron chi connectivity index (χ2n) is 11.2. The minimum atomic E-state index is 0.00385. The van der Waals surface area contributed by atoms with Crippen LogP contribution in [0.3, 0.4) is 0 Å². The first-order valence-corrected chi connectivity index (χ1v) is 11.4. The third-order valence-electron chi connectivity index (χ3n) is 8.41. The van der Waals surface area contributed by atoms with Crippen molar-refractivity contribution in [3.05, 3.63) is 24.3 Å². The Morgan fingerprint density at radius 2 is 1.80 bits per heavy atom. The molecule has 3 saturated carbocycles. The molecule has 0 aromatic heterocycles. The van der Waals surface area contributed by atoms with E-state index in [0.717, 1.165) is 49.6 Å². The molecule has 2 aliphatic heterocycles. The molecule has 0 unspecified atom stereocenters. The lowest BCUT2D eigenvalue weighted by molar-refractivity contribution is -0.250. The zero-order chi connectivity index (χ0) is 21.3. The van der Waals surface area contributed by atoms with Gasteiger partial charge in [0.25, 0.3) is 0 Å². The fraction of sp³-hybridized carbons (Fsp3) is 0.667. The molecule has 1 spiro atoms. The molecule has 0 radical (unpaired) electrons. The predicted octanol–water partition coefficient (Wildman–Crippen LogP) is 3.22. The van der Waals surface area contributed by atoms with Gasteiger partial charge in [0.05, 0.1) is 12.0 Å². The standard InChI is InChI=1S/C24H36N6/c1-16-20-10-24(16,17(20)2)30(22(3,4)5)15-27-21(25)28-18-6-8-19(9-7-18)29-13-23(14-29)11-26-12-23/h6-9,15-17,20,26H,10-14H2,1-5H3,(H2,25,28)/t16-,17-,20?,24?/m1/s1. The van der Waals surface area contributed by atoms with Gasteiger partial charge in [-0.1, -0.05) is 13.8 Å². The largest absolute Gasteiger partial charge is 0.370 e. The first-order valence-electron chi connectivity index (χ1n) is 11.4. The minimum Gasteiger partial charge on any atom is -0.370 e. The van der Waals surface area contributed by atoms with Crippen molar-refractivity contribution < 1.29 is 0 Å². The molecule has 2 saturated heterocycles. The quantitative estimate of drug-likeness (QED) is 0.593. The number of rotatable bonds is 4. The van der Waals surface area contributed by atoms with Gasteiger partial charge in [-0.25, -0.2) is 9.98 Å². The zero-order valence-electron chi connectivity index (χ0n) is 19.0. The van der Waals surface area contributed by atoms with Crippen molar-refractivity contribution in [2.45, 2.75) is 52.1 Å². The maximum absolute atomic E-state index is 6.19. The molecule has 1 aromatic carbocycles. The molecule has 162 valence electrons. The lowest BCUT2D eigenvalue weighted by Gasteiger charge is -2.77. The lowest BCUT2D eigenvalue weighted by Crippen LogP contribution is -2.82. The first kappa shape index (κ1) is 19.9. The van der Waals surface area contributed by atoms with E-state index in [1.165, 1.54) is 12.1 Å². The van der Waals surface area contributed by atoms with E-state index in [9.17, 15) is 0 Å². The Kier molecular flexibility index (Phi) is 4.27. The van der Waals surface area contributed by atoms with E-state index in [1.54, 1.807) is 0 Å². The molecule has 1 aromatic rings. The number of hydrogen-bond acceptors (Lipinski definition) is 3. The van der Waals surface area contributed by atoms with E-state index in [-0.39, 0.29) is 11.1 Å². The highest BCUT2D eigenvalue weighted by atomic mass is 15.3. The number of nitrogens with zero attached hydrogens (tertiary/aromatic N) is 4. The number of nitrogens with two attached hydrogens (primary N) is 1. The molecule has 2 bridgehead atoms. The molecule has 0 amide bonds. The normalized spacial score (nSPS) is 34.2. The third-order valence-corrected chi connectivity index (χ3v) is 8.41. The van der Waals surface area contributed by atoms with Crippen LogP contribution in [0.4, 0.5) is 11.4 Å². The monoisotopic (exact) mass is 408 g/mol. The van der Waals surface area contributed by atoms with Crippen LogP contribution in [-0.2, 0) is 0 Å². The summed E-state index contributed by atoms with van der Waals surface area (Å²) in [5, 5.41) is 3.38. The summed E-state index contributed by atoms with van der Waals surface area (Å²) < 4.78 is 0. The van der Waals surface area contributed by atoms with Gasteiger partial charge in [0.2, 0.25) is 5.96 Å². The molecule has 5 aliphatic rings. The van der Waals surface area contributed by atoms with Crippen LogP contribution < -0.4 is 16.0 Å². The van der Waals surface area contributed by atoms with E-state index in [1.807, 2.05) is 18.5 Å². The summed E-state index contributed by atoms with van der Waals surface area (Å²) in [6.45, 7) is 16.1. The van der Waals surface area contributed by atoms with Crippen molar-refractivity contribution in [3.63, 3.8) is 0 Å². The van der Waals surface area contributed by atoms with Crippen molar-refractivity contribution in [2.75, 3.05) is 31.1 Å². The summed E-state index contributed by atoms with van der Waals surface area (Å²) in [5.41, 5.74) is 9.07. The van der Waals surface area contributed by atoms with Gasteiger partial charge in [-0.05, 0) is 69.2 Å². The van der Waals surface area contributed by atoms with Crippen LogP contribution in [0.5, 0.6) is 0 Å². The average Bonchev–Trinajstić information content (AvgIpc) is 2.61. The van der Waals surface area contributed by atoms with Gasteiger partial charge < -0.3 is 20.9 Å². The number of anilines is 1. The van der Waals surface area contributed by atoms with Crippen LogP contribution in [0, 0.1) is 23.2 Å². The summed E-state index contributed by atoms with van der Waals surface area (Å²) in [5.74, 6) is 2.63. The molecule has 6 nitrogen and oxygen atoms in total. The summed E-state index contributed by atoms with van der Waals surface area (Å²) >= 11 is 0. The molecule has 30 heavy (non-hydrogen) atoms. The van der Waals surface area contributed by atoms with Gasteiger partial charge >= 0.3 is 0 Å². The number of nitrogens with one attached hydrogen (secondary N) is 1. The van der Waals surface area contributed by atoms with Crippen molar-refractivity contribution >= 4 is 23.7 Å². The Morgan fingerprint density at radius 3 is 2.27 bits per heavy atom. The highest BCUT2D eigenvalue weighted by Crippen LogP contribution is 2.69. The topological polar surface area (TPSA) is 69.2 Å². The average molecular weight is 409 g/mol. The zero-order valence-corrected chi connectivity index (χ0v) is 19.0. The highest BCUT2D eigenvalue weighted by molar-refractivity contribution is 5.88. The van der Waals surface area contributed by atoms with Crippen molar-refractivity contribution in [1.82, 2.24) is 10.2 Å². The van der Waals surface area contributed by atoms with Crippen LogP contribution in [0.15, 0.2) is 34.3 Å². The molecule has 6 heteroatoms. The summed E-state index contributed by atoms with van der Waals surface area (Å²) in [4.78, 5) is 14.0. The maximum Gasteiger partial charge on any atom is 0.221 e. The lowest BCUT2D eigenvalue weighted by atomic mass is 9.36. The number of benzene rings is 1. The van der Waals surface area contributed by atoms with Gasteiger partial charge in [0, 0.05) is 48.4 Å². The molecule has 6 rings (SSSR count). The van der Waals surface area contributed by atoms with Crippen LogP contribution in [0.2, 0.25) is 0 Å². The van der Waals surface area contributed by atoms with Crippen LogP contribution in [0.1, 0.15) is 41.0 Å². The Morgan fingerprint density at radius 1 is 1.17 bits per heavy atom. The number of guanidine groups is 1. The highest BCUT2D eigenvalue weighted by Gasteiger charge is 2.72. The SMILES string of the molecule is C[C@@H]1C2CC1(N(C=NC(N)=Nc1ccc(N3CC4(CNC4)C3)cc1)C(C)(C)C)[C@@H]2C. The predicted molar refractivity (Wildman–Crippen MR) is 124 cm³/mol. The van der Waals surface area contributed by atoms with Crippen molar-refractivity contribution in [3.8, 4) is 0 Å². The molecular weight excluding hydrogens is 372 g/mol. The molecule has 2 heterocycles. The summed E-state index contributed by atoms with van der Waals surface area (Å²) in [7, 11) is 0.